The number of fused-ring (bicyclic) bond motifs is 1. The van der Waals surface area contributed by atoms with E-state index in [4.69, 9.17) is 4.74 Å². The minimum absolute atomic E-state index is 0.0861. The molecule has 4 N–H and O–H groups in total. The molecule has 3 rings (SSSR count). The zero-order chi connectivity index (χ0) is 15.0. The van der Waals surface area contributed by atoms with Gasteiger partial charge in [-0.1, -0.05) is 12.1 Å². The summed E-state index contributed by atoms with van der Waals surface area (Å²) in [6, 6.07) is 10.0. The van der Waals surface area contributed by atoms with Crippen molar-refractivity contribution >= 4 is 0 Å². The van der Waals surface area contributed by atoms with Crippen LogP contribution in [-0.2, 0) is 0 Å². The van der Waals surface area contributed by atoms with Gasteiger partial charge in [0.05, 0.1) is 19.3 Å². The van der Waals surface area contributed by atoms with E-state index in [9.17, 15) is 15.3 Å². The van der Waals surface area contributed by atoms with E-state index in [1.54, 1.807) is 30.3 Å². The molecule has 2 aromatic rings. The number of methoxy groups -OCH3 is 1. The van der Waals surface area contributed by atoms with Crippen LogP contribution in [0.1, 0.15) is 28.8 Å². The molecule has 1 aliphatic rings. The Balaban J connectivity index is 2.07. The second-order valence-electron chi connectivity index (χ2n) is 5.10. The van der Waals surface area contributed by atoms with E-state index in [1.807, 2.05) is 6.07 Å². The molecule has 0 amide bonds. The molecule has 2 aromatic carbocycles. The number of nitrogens with one attached hydrogen (secondary N) is 1. The number of aliphatic hydroxyl groups is 1. The van der Waals surface area contributed by atoms with Gasteiger partial charge < -0.3 is 25.4 Å². The van der Waals surface area contributed by atoms with Crippen molar-refractivity contribution < 1.29 is 20.1 Å². The number of hydrogen-bond acceptors (Lipinski definition) is 5. The lowest BCUT2D eigenvalue weighted by atomic mass is 9.88. The molecule has 0 bridgehead atoms. The summed E-state index contributed by atoms with van der Waals surface area (Å²) >= 11 is 0. The molecule has 21 heavy (non-hydrogen) atoms. The number of rotatable bonds is 2. The first-order chi connectivity index (χ1) is 10.1. The largest absolute Gasteiger partial charge is 0.508 e. The highest BCUT2D eigenvalue weighted by molar-refractivity contribution is 5.48. The van der Waals surface area contributed by atoms with Gasteiger partial charge in [0.2, 0.25) is 0 Å². The third kappa shape index (κ3) is 2.41. The molecule has 1 aliphatic heterocycles. The lowest BCUT2D eigenvalue weighted by molar-refractivity contribution is 0.160. The first-order valence-electron chi connectivity index (χ1n) is 6.71. The van der Waals surface area contributed by atoms with E-state index >= 15 is 0 Å². The van der Waals surface area contributed by atoms with Gasteiger partial charge in [0.15, 0.2) is 11.5 Å². The van der Waals surface area contributed by atoms with E-state index in [0.29, 0.717) is 17.9 Å². The molecule has 0 aliphatic carbocycles. The van der Waals surface area contributed by atoms with Crippen LogP contribution in [0.15, 0.2) is 36.4 Å². The Bertz CT molecular complexity index is 671. The van der Waals surface area contributed by atoms with Crippen LogP contribution in [0.2, 0.25) is 0 Å². The summed E-state index contributed by atoms with van der Waals surface area (Å²) in [6.07, 6.45) is -0.651. The van der Waals surface area contributed by atoms with E-state index in [2.05, 4.69) is 5.32 Å². The topological polar surface area (TPSA) is 82.0 Å². The van der Waals surface area contributed by atoms with Crippen molar-refractivity contribution in [2.45, 2.75) is 12.1 Å². The summed E-state index contributed by atoms with van der Waals surface area (Å²) in [5, 5.41) is 32.6. The van der Waals surface area contributed by atoms with Crippen LogP contribution < -0.4 is 10.1 Å². The number of β-amino-alcohol motifs (C(OH)–C–C–N with tert-alkyl or cyclic N) is 1. The normalized spacial score (nSPS) is 20.9. The Morgan fingerprint density at radius 3 is 2.67 bits per heavy atom. The van der Waals surface area contributed by atoms with E-state index < -0.39 is 6.10 Å². The minimum Gasteiger partial charge on any atom is -0.508 e. The maximum Gasteiger partial charge on any atom is 0.160 e. The zero-order valence-electron chi connectivity index (χ0n) is 11.6. The van der Waals surface area contributed by atoms with Gasteiger partial charge in [-0.3, -0.25) is 0 Å². The van der Waals surface area contributed by atoms with Crippen LogP contribution in [0.5, 0.6) is 17.2 Å². The summed E-state index contributed by atoms with van der Waals surface area (Å²) in [5.74, 6) is 0.625. The zero-order valence-corrected chi connectivity index (χ0v) is 11.6. The van der Waals surface area contributed by atoms with E-state index in [0.717, 1.165) is 11.1 Å². The molecular formula is C16H17NO4. The van der Waals surface area contributed by atoms with Crippen molar-refractivity contribution in [1.29, 1.82) is 0 Å². The van der Waals surface area contributed by atoms with Gasteiger partial charge >= 0.3 is 0 Å². The Morgan fingerprint density at radius 2 is 1.90 bits per heavy atom. The summed E-state index contributed by atoms with van der Waals surface area (Å²) in [6.45, 7) is 0.393. The van der Waals surface area contributed by atoms with Crippen molar-refractivity contribution in [2.75, 3.05) is 13.7 Å². The highest BCUT2D eigenvalue weighted by Gasteiger charge is 2.27. The predicted octanol–water partition coefficient (Wildman–Crippen LogP) is 1.83. The van der Waals surface area contributed by atoms with Crippen molar-refractivity contribution in [3.8, 4) is 17.2 Å². The number of aromatic hydroxyl groups is 2. The lowest BCUT2D eigenvalue weighted by Crippen LogP contribution is -2.33. The monoisotopic (exact) mass is 287 g/mol. The minimum atomic E-state index is -0.651. The number of hydrogen-bond donors (Lipinski definition) is 4. The molecule has 5 heteroatoms. The van der Waals surface area contributed by atoms with Crippen LogP contribution >= 0.6 is 0 Å². The quantitative estimate of drug-likeness (QED) is 0.677. The molecule has 5 nitrogen and oxygen atoms in total. The third-order valence-corrected chi connectivity index (χ3v) is 3.79. The first kappa shape index (κ1) is 13.7. The highest BCUT2D eigenvalue weighted by Crippen LogP contribution is 2.37. The molecule has 0 saturated heterocycles. The van der Waals surface area contributed by atoms with Gasteiger partial charge in [0.25, 0.3) is 0 Å². The summed E-state index contributed by atoms with van der Waals surface area (Å²) in [4.78, 5) is 0. The average molecular weight is 287 g/mol. The van der Waals surface area contributed by atoms with Gasteiger partial charge in [-0.15, -0.1) is 0 Å². The van der Waals surface area contributed by atoms with Crippen molar-refractivity contribution in [3.05, 3.63) is 53.1 Å². The summed E-state index contributed by atoms with van der Waals surface area (Å²) < 4.78 is 5.14. The van der Waals surface area contributed by atoms with Gasteiger partial charge in [-0.05, 0) is 41.0 Å². The van der Waals surface area contributed by atoms with Crippen molar-refractivity contribution in [3.63, 3.8) is 0 Å². The predicted molar refractivity (Wildman–Crippen MR) is 77.6 cm³/mol. The molecule has 0 spiro atoms. The second-order valence-corrected chi connectivity index (χ2v) is 5.10. The molecule has 110 valence electrons. The third-order valence-electron chi connectivity index (χ3n) is 3.79. The fourth-order valence-corrected chi connectivity index (χ4v) is 2.73. The van der Waals surface area contributed by atoms with Crippen LogP contribution in [0.3, 0.4) is 0 Å². The second kappa shape index (κ2) is 5.27. The Morgan fingerprint density at radius 1 is 1.10 bits per heavy atom. The molecule has 2 atom stereocenters. The smallest absolute Gasteiger partial charge is 0.160 e. The lowest BCUT2D eigenvalue weighted by Gasteiger charge is -2.31. The molecule has 0 aromatic heterocycles. The maximum atomic E-state index is 10.1. The summed E-state index contributed by atoms with van der Waals surface area (Å²) in [7, 11) is 1.50. The van der Waals surface area contributed by atoms with Gasteiger partial charge in [0, 0.05) is 6.54 Å². The van der Waals surface area contributed by atoms with Crippen LogP contribution in [-0.4, -0.2) is 29.0 Å². The Labute approximate surface area is 122 Å². The van der Waals surface area contributed by atoms with Crippen molar-refractivity contribution in [2.24, 2.45) is 0 Å². The van der Waals surface area contributed by atoms with E-state index in [1.165, 1.54) is 7.11 Å². The van der Waals surface area contributed by atoms with Crippen LogP contribution in [0.4, 0.5) is 0 Å². The number of phenolic OH excluding ortho intramolecular Hbond substituents is 2. The van der Waals surface area contributed by atoms with Crippen LogP contribution in [0, 0.1) is 0 Å². The fraction of sp³-hybridized carbons (Fsp3) is 0.250. The van der Waals surface area contributed by atoms with Gasteiger partial charge in [-0.2, -0.15) is 0 Å². The maximum absolute atomic E-state index is 10.1. The van der Waals surface area contributed by atoms with Crippen LogP contribution in [0.25, 0.3) is 0 Å². The molecule has 2 unspecified atom stereocenters. The SMILES string of the molecule is COc1cc(C2NCC(O)c3cc(O)ccc32)ccc1O. The number of phenols is 2. The number of ether oxygens (including phenoxy) is 1. The number of aliphatic hydroxyl groups excluding tert-OH is 1. The standard InChI is InChI=1S/C16H17NO4/c1-21-15-6-9(2-5-13(15)19)16-11-4-3-10(18)7-12(11)14(20)8-17-16/h2-7,14,16-20H,8H2,1H3. The fourth-order valence-electron chi connectivity index (χ4n) is 2.73. The van der Waals surface area contributed by atoms with Gasteiger partial charge in [-0.25, -0.2) is 0 Å². The summed E-state index contributed by atoms with van der Waals surface area (Å²) in [5.41, 5.74) is 2.54. The number of benzene rings is 2. The molecule has 0 saturated carbocycles. The Hall–Kier alpha value is -2.24. The molecule has 0 radical (unpaired) electrons. The van der Waals surface area contributed by atoms with Crippen molar-refractivity contribution in [1.82, 2.24) is 5.32 Å². The molecule has 0 fully saturated rings. The first-order valence-corrected chi connectivity index (χ1v) is 6.71. The average Bonchev–Trinajstić information content (AvgIpc) is 2.49. The Kier molecular flexibility index (Phi) is 3.45. The van der Waals surface area contributed by atoms with E-state index in [-0.39, 0.29) is 17.5 Å². The highest BCUT2D eigenvalue weighted by atomic mass is 16.5. The molecule has 1 heterocycles. The van der Waals surface area contributed by atoms with Gasteiger partial charge in [0.1, 0.15) is 5.75 Å². The molecular weight excluding hydrogens is 270 g/mol.